The second-order valence-electron chi connectivity index (χ2n) is 6.80. The molecule has 142 valence electrons. The van der Waals surface area contributed by atoms with Crippen LogP contribution in [0.4, 0.5) is 0 Å². The molecule has 0 aromatic heterocycles. The summed E-state index contributed by atoms with van der Waals surface area (Å²) in [5, 5.41) is 21.4. The van der Waals surface area contributed by atoms with Crippen molar-refractivity contribution in [3.63, 3.8) is 0 Å². The number of phenols is 1. The number of aromatic hydroxyl groups is 1. The highest BCUT2D eigenvalue weighted by Gasteiger charge is 2.20. The Hall–Kier alpha value is -2.86. The second-order valence-corrected chi connectivity index (χ2v) is 6.80. The second kappa shape index (κ2) is 8.68. The van der Waals surface area contributed by atoms with Crippen LogP contribution in [-0.4, -0.2) is 41.8 Å². The molecule has 27 heavy (non-hydrogen) atoms. The first-order chi connectivity index (χ1) is 13.0. The quantitative estimate of drug-likeness (QED) is 0.697. The van der Waals surface area contributed by atoms with Gasteiger partial charge in [0.2, 0.25) is 0 Å². The molecule has 1 fully saturated rings. The zero-order chi connectivity index (χ0) is 19.2. The Morgan fingerprint density at radius 2 is 1.81 bits per heavy atom. The minimum atomic E-state index is -0.972. The molecule has 1 heterocycles. The third kappa shape index (κ3) is 5.08. The summed E-state index contributed by atoms with van der Waals surface area (Å²) in [5.74, 6) is -1.50. The van der Waals surface area contributed by atoms with Crippen molar-refractivity contribution in [2.24, 2.45) is 5.92 Å². The van der Waals surface area contributed by atoms with Gasteiger partial charge >= 0.3 is 5.97 Å². The summed E-state index contributed by atoms with van der Waals surface area (Å²) >= 11 is 0. The van der Waals surface area contributed by atoms with Crippen molar-refractivity contribution in [1.29, 1.82) is 0 Å². The van der Waals surface area contributed by atoms with Gasteiger partial charge in [0.05, 0.1) is 12.5 Å². The highest BCUT2D eigenvalue weighted by molar-refractivity contribution is 5.94. The Balaban J connectivity index is 1.57. The SMILES string of the molecule is O=C(NCC(Cc1ccc(O)cc1)C(=O)O)c1ccc(C2CCOC2)cc1. The van der Waals surface area contributed by atoms with Gasteiger partial charge < -0.3 is 20.3 Å². The van der Waals surface area contributed by atoms with Gasteiger partial charge in [-0.1, -0.05) is 24.3 Å². The number of hydrogen-bond acceptors (Lipinski definition) is 4. The summed E-state index contributed by atoms with van der Waals surface area (Å²) in [6.07, 6.45) is 1.26. The molecule has 0 saturated carbocycles. The van der Waals surface area contributed by atoms with E-state index in [1.54, 1.807) is 24.3 Å². The first kappa shape index (κ1) is 18.9. The molecule has 0 bridgehead atoms. The lowest BCUT2D eigenvalue weighted by Crippen LogP contribution is -2.34. The van der Waals surface area contributed by atoms with Gasteiger partial charge in [-0.2, -0.15) is 0 Å². The van der Waals surface area contributed by atoms with Gasteiger partial charge in [0.1, 0.15) is 5.75 Å². The van der Waals surface area contributed by atoms with E-state index in [1.807, 2.05) is 12.1 Å². The molecule has 0 aliphatic carbocycles. The zero-order valence-electron chi connectivity index (χ0n) is 14.9. The van der Waals surface area contributed by atoms with Crippen LogP contribution in [0.15, 0.2) is 48.5 Å². The zero-order valence-corrected chi connectivity index (χ0v) is 14.9. The Kier molecular flexibility index (Phi) is 6.08. The molecule has 2 unspecified atom stereocenters. The molecule has 3 rings (SSSR count). The number of benzene rings is 2. The number of carbonyl (C=O) groups excluding carboxylic acids is 1. The average Bonchev–Trinajstić information content (AvgIpc) is 3.21. The molecular formula is C21H23NO5. The van der Waals surface area contributed by atoms with Crippen molar-refractivity contribution in [2.45, 2.75) is 18.8 Å². The largest absolute Gasteiger partial charge is 0.508 e. The molecule has 1 aliphatic rings. The van der Waals surface area contributed by atoms with Gasteiger partial charge in [-0.3, -0.25) is 9.59 Å². The van der Waals surface area contributed by atoms with Crippen molar-refractivity contribution in [3.05, 3.63) is 65.2 Å². The van der Waals surface area contributed by atoms with E-state index in [9.17, 15) is 19.8 Å². The Bertz CT molecular complexity index is 779. The van der Waals surface area contributed by atoms with Gasteiger partial charge in [-0.05, 0) is 48.2 Å². The highest BCUT2D eigenvalue weighted by atomic mass is 16.5. The maximum atomic E-state index is 12.3. The number of carbonyl (C=O) groups is 2. The van der Waals surface area contributed by atoms with Crippen molar-refractivity contribution in [3.8, 4) is 5.75 Å². The average molecular weight is 369 g/mol. The van der Waals surface area contributed by atoms with Crippen LogP contribution in [0.1, 0.15) is 33.8 Å². The van der Waals surface area contributed by atoms with Crippen LogP contribution < -0.4 is 5.32 Å². The van der Waals surface area contributed by atoms with Gasteiger partial charge in [0.15, 0.2) is 0 Å². The number of ether oxygens (including phenoxy) is 1. The fourth-order valence-electron chi connectivity index (χ4n) is 3.19. The van der Waals surface area contributed by atoms with Crippen LogP contribution in [-0.2, 0) is 16.0 Å². The molecule has 1 saturated heterocycles. The predicted molar refractivity (Wildman–Crippen MR) is 99.9 cm³/mol. The Labute approximate surface area is 157 Å². The van der Waals surface area contributed by atoms with Crippen LogP contribution in [0.25, 0.3) is 0 Å². The normalized spacial score (nSPS) is 17.4. The number of amides is 1. The summed E-state index contributed by atoms with van der Waals surface area (Å²) in [4.78, 5) is 23.8. The minimum absolute atomic E-state index is 0.0350. The molecule has 3 N–H and O–H groups in total. The van der Waals surface area contributed by atoms with E-state index in [0.717, 1.165) is 24.2 Å². The molecule has 6 heteroatoms. The van der Waals surface area contributed by atoms with Crippen LogP contribution >= 0.6 is 0 Å². The molecule has 0 radical (unpaired) electrons. The van der Waals surface area contributed by atoms with Crippen molar-refractivity contribution >= 4 is 11.9 Å². The third-order valence-corrected chi connectivity index (χ3v) is 4.85. The van der Waals surface area contributed by atoms with Crippen LogP contribution in [0.3, 0.4) is 0 Å². The Morgan fingerprint density at radius 1 is 1.11 bits per heavy atom. The minimum Gasteiger partial charge on any atom is -0.508 e. The molecule has 2 aromatic rings. The molecular weight excluding hydrogens is 346 g/mol. The number of rotatable bonds is 7. The standard InChI is InChI=1S/C21H23NO5/c23-19-7-1-14(2-8-19)11-18(21(25)26)12-22-20(24)16-5-3-15(4-6-16)17-9-10-27-13-17/h1-8,17-18,23H,9-13H2,(H,22,24)(H,25,26). The van der Waals surface area contributed by atoms with Gasteiger partial charge in [-0.15, -0.1) is 0 Å². The molecule has 1 amide bonds. The molecule has 0 spiro atoms. The Morgan fingerprint density at radius 3 is 2.41 bits per heavy atom. The van der Waals surface area contributed by atoms with E-state index in [2.05, 4.69) is 5.32 Å². The van der Waals surface area contributed by atoms with Crippen LogP contribution in [0.5, 0.6) is 5.75 Å². The molecule has 2 aromatic carbocycles. The number of carboxylic acid groups (broad SMARTS) is 1. The number of hydrogen-bond donors (Lipinski definition) is 3. The van der Waals surface area contributed by atoms with Gasteiger partial charge in [-0.25, -0.2) is 0 Å². The monoisotopic (exact) mass is 369 g/mol. The summed E-state index contributed by atoms with van der Waals surface area (Å²) in [7, 11) is 0. The van der Waals surface area contributed by atoms with E-state index >= 15 is 0 Å². The summed E-state index contributed by atoms with van der Waals surface area (Å²) in [5.41, 5.74) is 2.45. The van der Waals surface area contributed by atoms with Gasteiger partial charge in [0.25, 0.3) is 5.91 Å². The molecule has 6 nitrogen and oxygen atoms in total. The number of phenolic OH excluding ortho intramolecular Hbond substituents is 1. The van der Waals surface area contributed by atoms with Crippen molar-refractivity contribution in [2.75, 3.05) is 19.8 Å². The lowest BCUT2D eigenvalue weighted by Gasteiger charge is -2.14. The summed E-state index contributed by atoms with van der Waals surface area (Å²) in [6, 6.07) is 13.8. The number of nitrogens with one attached hydrogen (secondary N) is 1. The third-order valence-electron chi connectivity index (χ3n) is 4.85. The number of carboxylic acids is 1. The van der Waals surface area contributed by atoms with E-state index < -0.39 is 11.9 Å². The maximum Gasteiger partial charge on any atom is 0.308 e. The summed E-state index contributed by atoms with van der Waals surface area (Å²) in [6.45, 7) is 1.51. The lowest BCUT2D eigenvalue weighted by molar-refractivity contribution is -0.141. The van der Waals surface area contributed by atoms with Crippen molar-refractivity contribution in [1.82, 2.24) is 5.32 Å². The predicted octanol–water partition coefficient (Wildman–Crippen LogP) is 2.57. The maximum absolute atomic E-state index is 12.3. The fourth-order valence-corrected chi connectivity index (χ4v) is 3.19. The van der Waals surface area contributed by atoms with E-state index in [1.165, 1.54) is 12.1 Å². The van der Waals surface area contributed by atoms with E-state index in [0.29, 0.717) is 18.1 Å². The lowest BCUT2D eigenvalue weighted by atomic mass is 9.97. The molecule has 2 atom stereocenters. The van der Waals surface area contributed by atoms with Crippen LogP contribution in [0.2, 0.25) is 0 Å². The fraction of sp³-hybridized carbons (Fsp3) is 0.333. The van der Waals surface area contributed by atoms with Crippen LogP contribution in [0, 0.1) is 5.92 Å². The first-order valence-electron chi connectivity index (χ1n) is 8.99. The number of aliphatic carboxylic acids is 1. The summed E-state index contributed by atoms with van der Waals surface area (Å²) < 4.78 is 5.38. The van der Waals surface area contributed by atoms with Crippen molar-refractivity contribution < 1.29 is 24.5 Å². The van der Waals surface area contributed by atoms with Gasteiger partial charge in [0, 0.05) is 24.6 Å². The smallest absolute Gasteiger partial charge is 0.308 e. The molecule has 1 aliphatic heterocycles. The van der Waals surface area contributed by atoms with E-state index in [-0.39, 0.29) is 24.6 Å². The topological polar surface area (TPSA) is 95.9 Å². The van der Waals surface area contributed by atoms with E-state index in [4.69, 9.17) is 4.74 Å². The highest BCUT2D eigenvalue weighted by Crippen LogP contribution is 2.25. The first-order valence-corrected chi connectivity index (χ1v) is 8.99.